The van der Waals surface area contributed by atoms with Crippen molar-refractivity contribution in [1.29, 1.82) is 0 Å². The molecular formula is C11H19NO3. The monoisotopic (exact) mass is 213 g/mol. The van der Waals surface area contributed by atoms with Gasteiger partial charge in [0.25, 0.3) is 0 Å². The van der Waals surface area contributed by atoms with Gasteiger partial charge in [-0.2, -0.15) is 0 Å². The molecule has 15 heavy (non-hydrogen) atoms. The number of amides is 1. The minimum Gasteiger partial charge on any atom is -0.444 e. The Hall–Kier alpha value is -0.770. The van der Waals surface area contributed by atoms with Gasteiger partial charge in [-0.3, -0.25) is 4.90 Å². The largest absolute Gasteiger partial charge is 0.444 e. The molecule has 0 radical (unpaired) electrons. The molecule has 0 unspecified atom stereocenters. The quantitative estimate of drug-likeness (QED) is 0.615. The van der Waals surface area contributed by atoms with Gasteiger partial charge >= 0.3 is 6.09 Å². The molecule has 86 valence electrons. The zero-order chi connectivity index (χ0) is 11.1. The van der Waals surface area contributed by atoms with Crippen molar-refractivity contribution in [2.45, 2.75) is 44.8 Å². The molecule has 0 N–H and O–H groups in total. The van der Waals surface area contributed by atoms with Crippen LogP contribution in [0.2, 0.25) is 0 Å². The average Bonchev–Trinajstić information content (AvgIpc) is 2.42. The third-order valence-electron chi connectivity index (χ3n) is 2.95. The molecule has 0 aromatic heterocycles. The molecule has 2 heterocycles. The van der Waals surface area contributed by atoms with Crippen LogP contribution in [0.15, 0.2) is 0 Å². The predicted molar refractivity (Wildman–Crippen MR) is 55.7 cm³/mol. The Morgan fingerprint density at radius 3 is 2.53 bits per heavy atom. The SMILES string of the molecule is CC(C)(C)OC(=O)N1CCCC12COC2. The second kappa shape index (κ2) is 3.37. The summed E-state index contributed by atoms with van der Waals surface area (Å²) in [6.45, 7) is 7.83. The van der Waals surface area contributed by atoms with Crippen LogP contribution in [-0.2, 0) is 9.47 Å². The fourth-order valence-corrected chi connectivity index (χ4v) is 2.18. The lowest BCUT2D eigenvalue weighted by Crippen LogP contribution is -2.61. The van der Waals surface area contributed by atoms with E-state index in [4.69, 9.17) is 9.47 Å². The van der Waals surface area contributed by atoms with Crippen molar-refractivity contribution in [2.75, 3.05) is 19.8 Å². The van der Waals surface area contributed by atoms with Crippen LogP contribution in [-0.4, -0.2) is 41.9 Å². The molecule has 0 aliphatic carbocycles. The van der Waals surface area contributed by atoms with Crippen molar-refractivity contribution in [1.82, 2.24) is 4.90 Å². The van der Waals surface area contributed by atoms with Gasteiger partial charge in [-0.25, -0.2) is 4.79 Å². The smallest absolute Gasteiger partial charge is 0.410 e. The molecule has 2 rings (SSSR count). The van der Waals surface area contributed by atoms with E-state index in [1.165, 1.54) is 0 Å². The Bertz CT molecular complexity index is 265. The van der Waals surface area contributed by atoms with Gasteiger partial charge in [0.05, 0.1) is 18.8 Å². The van der Waals surface area contributed by atoms with Crippen molar-refractivity contribution < 1.29 is 14.3 Å². The molecule has 2 fully saturated rings. The first kappa shape index (κ1) is 10.7. The molecule has 2 aliphatic heterocycles. The Morgan fingerprint density at radius 2 is 2.07 bits per heavy atom. The third kappa shape index (κ3) is 1.95. The van der Waals surface area contributed by atoms with E-state index in [1.807, 2.05) is 25.7 Å². The number of hydrogen-bond donors (Lipinski definition) is 0. The van der Waals surface area contributed by atoms with Crippen molar-refractivity contribution in [3.63, 3.8) is 0 Å². The van der Waals surface area contributed by atoms with E-state index in [2.05, 4.69) is 0 Å². The third-order valence-corrected chi connectivity index (χ3v) is 2.95. The summed E-state index contributed by atoms with van der Waals surface area (Å²) >= 11 is 0. The lowest BCUT2D eigenvalue weighted by Gasteiger charge is -2.45. The first-order valence-electron chi connectivity index (χ1n) is 5.51. The molecule has 2 aliphatic rings. The zero-order valence-corrected chi connectivity index (χ0v) is 9.71. The van der Waals surface area contributed by atoms with E-state index in [-0.39, 0.29) is 11.6 Å². The van der Waals surface area contributed by atoms with Crippen molar-refractivity contribution in [3.8, 4) is 0 Å². The molecule has 4 nitrogen and oxygen atoms in total. The van der Waals surface area contributed by atoms with E-state index in [1.54, 1.807) is 0 Å². The second-order valence-corrected chi connectivity index (χ2v) is 5.45. The van der Waals surface area contributed by atoms with Gasteiger partial charge in [0.2, 0.25) is 0 Å². The molecule has 1 amide bonds. The van der Waals surface area contributed by atoms with E-state index in [0.29, 0.717) is 13.2 Å². The van der Waals surface area contributed by atoms with E-state index in [9.17, 15) is 4.79 Å². The predicted octanol–water partition coefficient (Wildman–Crippen LogP) is 1.79. The van der Waals surface area contributed by atoms with Crippen LogP contribution in [0.5, 0.6) is 0 Å². The first-order valence-corrected chi connectivity index (χ1v) is 5.51. The van der Waals surface area contributed by atoms with Crippen LogP contribution >= 0.6 is 0 Å². The molecule has 0 saturated carbocycles. The minimum absolute atomic E-state index is 0.0394. The van der Waals surface area contributed by atoms with E-state index < -0.39 is 5.60 Å². The highest BCUT2D eigenvalue weighted by molar-refractivity contribution is 5.70. The normalized spacial score (nSPS) is 24.1. The lowest BCUT2D eigenvalue weighted by atomic mass is 9.94. The molecule has 0 atom stereocenters. The van der Waals surface area contributed by atoms with Gasteiger partial charge in [-0.1, -0.05) is 0 Å². The number of hydrogen-bond acceptors (Lipinski definition) is 3. The summed E-state index contributed by atoms with van der Waals surface area (Å²) in [7, 11) is 0. The average molecular weight is 213 g/mol. The summed E-state index contributed by atoms with van der Waals surface area (Å²) in [5, 5.41) is 0. The van der Waals surface area contributed by atoms with Gasteiger partial charge in [0, 0.05) is 6.54 Å². The molecule has 4 heteroatoms. The number of ether oxygens (including phenoxy) is 2. The van der Waals surface area contributed by atoms with Gasteiger partial charge in [-0.15, -0.1) is 0 Å². The maximum Gasteiger partial charge on any atom is 0.410 e. The standard InChI is InChI=1S/C11H19NO3/c1-10(2,3)15-9(13)12-6-4-5-11(12)7-14-8-11/h4-8H2,1-3H3. The summed E-state index contributed by atoms with van der Waals surface area (Å²) in [5.41, 5.74) is -0.451. The number of nitrogens with zero attached hydrogens (tertiary/aromatic N) is 1. The Labute approximate surface area is 90.5 Å². The molecule has 0 bridgehead atoms. The van der Waals surface area contributed by atoms with Crippen LogP contribution in [0.3, 0.4) is 0 Å². The minimum atomic E-state index is -0.411. The van der Waals surface area contributed by atoms with E-state index >= 15 is 0 Å². The molecule has 1 spiro atoms. The van der Waals surface area contributed by atoms with Crippen LogP contribution < -0.4 is 0 Å². The van der Waals surface area contributed by atoms with E-state index in [0.717, 1.165) is 19.4 Å². The first-order chi connectivity index (χ1) is 6.93. The molecule has 2 saturated heterocycles. The highest BCUT2D eigenvalue weighted by atomic mass is 16.6. The number of carbonyl (C=O) groups excluding carboxylic acids is 1. The van der Waals surface area contributed by atoms with Gasteiger partial charge < -0.3 is 9.47 Å². The molecule has 0 aromatic carbocycles. The van der Waals surface area contributed by atoms with Crippen molar-refractivity contribution in [2.24, 2.45) is 0 Å². The summed E-state index contributed by atoms with van der Waals surface area (Å²) in [6.07, 6.45) is 1.91. The van der Waals surface area contributed by atoms with Crippen LogP contribution in [0, 0.1) is 0 Å². The maximum atomic E-state index is 11.9. The summed E-state index contributed by atoms with van der Waals surface area (Å²) in [4.78, 5) is 13.8. The van der Waals surface area contributed by atoms with Crippen molar-refractivity contribution in [3.05, 3.63) is 0 Å². The topological polar surface area (TPSA) is 38.8 Å². The zero-order valence-electron chi connectivity index (χ0n) is 9.71. The van der Waals surface area contributed by atoms with Crippen LogP contribution in [0.1, 0.15) is 33.6 Å². The van der Waals surface area contributed by atoms with Gasteiger partial charge in [0.15, 0.2) is 0 Å². The van der Waals surface area contributed by atoms with Crippen LogP contribution in [0.25, 0.3) is 0 Å². The number of carbonyl (C=O) groups is 1. The van der Waals surface area contributed by atoms with Crippen molar-refractivity contribution >= 4 is 6.09 Å². The summed E-state index contributed by atoms with van der Waals surface area (Å²) in [5.74, 6) is 0. The molecular weight excluding hydrogens is 194 g/mol. The second-order valence-electron chi connectivity index (χ2n) is 5.45. The Balaban J connectivity index is 2.01. The highest BCUT2D eigenvalue weighted by Gasteiger charge is 2.50. The van der Waals surface area contributed by atoms with Crippen LogP contribution in [0.4, 0.5) is 4.79 Å². The number of rotatable bonds is 0. The fourth-order valence-electron chi connectivity index (χ4n) is 2.18. The molecule has 0 aromatic rings. The summed E-state index contributed by atoms with van der Waals surface area (Å²) in [6, 6.07) is 0. The highest BCUT2D eigenvalue weighted by Crippen LogP contribution is 2.36. The van der Waals surface area contributed by atoms with Gasteiger partial charge in [0.1, 0.15) is 5.60 Å². The number of likely N-dealkylation sites (tertiary alicyclic amines) is 1. The Morgan fingerprint density at radius 1 is 1.40 bits per heavy atom. The maximum absolute atomic E-state index is 11.9. The lowest BCUT2D eigenvalue weighted by molar-refractivity contribution is -0.120. The van der Waals surface area contributed by atoms with Gasteiger partial charge in [-0.05, 0) is 33.6 Å². The Kier molecular flexibility index (Phi) is 2.41. The summed E-state index contributed by atoms with van der Waals surface area (Å²) < 4.78 is 10.6. The fraction of sp³-hybridized carbons (Fsp3) is 0.909.